The molecule has 36 heavy (non-hydrogen) atoms. The van der Waals surface area contributed by atoms with Crippen LogP contribution in [0.15, 0.2) is 48.1 Å². The van der Waals surface area contributed by atoms with E-state index in [9.17, 15) is 19.2 Å². The second kappa shape index (κ2) is 12.2. The maximum atomic E-state index is 12.7. The molecule has 10 nitrogen and oxygen atoms in total. The summed E-state index contributed by atoms with van der Waals surface area (Å²) in [6.07, 6.45) is 0.687. The number of carbonyl (C=O) groups excluding carboxylic acids is 4. The van der Waals surface area contributed by atoms with Crippen LogP contribution in [0.1, 0.15) is 52.5 Å². The Morgan fingerprint density at radius 3 is 2.22 bits per heavy atom. The van der Waals surface area contributed by atoms with Gasteiger partial charge in [-0.1, -0.05) is 39.0 Å². The minimum absolute atomic E-state index is 0.000000130. The number of hydrogen-bond acceptors (Lipinski definition) is 9. The zero-order chi connectivity index (χ0) is 26.2. The Labute approximate surface area is 208 Å². The molecule has 3 rings (SSSR count). The number of rotatable bonds is 9. The summed E-state index contributed by atoms with van der Waals surface area (Å²) in [4.78, 5) is 52.1. The van der Waals surface area contributed by atoms with Crippen molar-refractivity contribution in [2.75, 3.05) is 0 Å². The second-order valence-electron chi connectivity index (χ2n) is 7.85. The number of aromatic amines is 1. The van der Waals surface area contributed by atoms with Gasteiger partial charge in [-0.2, -0.15) is 0 Å². The number of aromatic nitrogens is 1. The van der Waals surface area contributed by atoms with E-state index in [1.165, 1.54) is 13.0 Å². The molecular formula is C26H29NO9. The number of carbonyl (C=O) groups is 4. The second-order valence-corrected chi connectivity index (χ2v) is 7.85. The first-order valence-corrected chi connectivity index (χ1v) is 11.7. The molecule has 0 unspecified atom stereocenters. The van der Waals surface area contributed by atoms with Gasteiger partial charge < -0.3 is 28.7 Å². The molecule has 0 saturated heterocycles. The van der Waals surface area contributed by atoms with Crippen LogP contribution in [0.25, 0.3) is 17.0 Å². The molecule has 1 aromatic carbocycles. The molecule has 1 N–H and O–H groups in total. The summed E-state index contributed by atoms with van der Waals surface area (Å²) in [6.45, 7) is 6.26. The third-order valence-electron chi connectivity index (χ3n) is 5.28. The quantitative estimate of drug-likeness (QED) is 0.310. The van der Waals surface area contributed by atoms with Crippen LogP contribution in [0.5, 0.6) is 0 Å². The van der Waals surface area contributed by atoms with Gasteiger partial charge >= 0.3 is 23.9 Å². The Bertz CT molecular complexity index is 1190. The zero-order valence-electron chi connectivity index (χ0n) is 20.6. The normalized spacial score (nSPS) is 19.8. The van der Waals surface area contributed by atoms with E-state index >= 15 is 0 Å². The van der Waals surface area contributed by atoms with Gasteiger partial charge in [0.2, 0.25) is 12.4 Å². The van der Waals surface area contributed by atoms with Crippen molar-refractivity contribution in [3.05, 3.63) is 53.6 Å². The topological polar surface area (TPSA) is 130 Å². The first kappa shape index (κ1) is 26.7. The van der Waals surface area contributed by atoms with Crippen LogP contribution in [0.2, 0.25) is 0 Å². The first-order chi connectivity index (χ1) is 17.3. The molecule has 2 aromatic rings. The first-order valence-electron chi connectivity index (χ1n) is 11.7. The van der Waals surface area contributed by atoms with E-state index in [4.69, 9.17) is 23.7 Å². The Morgan fingerprint density at radius 1 is 0.917 bits per heavy atom. The van der Waals surface area contributed by atoms with E-state index in [1.807, 2.05) is 24.3 Å². The Kier molecular flexibility index (Phi) is 9.02. The smallest absolute Gasteiger partial charge is 0.333 e. The molecule has 3 atom stereocenters. The molecule has 0 radical (unpaired) electrons. The molecule has 0 spiro atoms. The van der Waals surface area contributed by atoms with E-state index in [-0.39, 0.29) is 30.8 Å². The summed E-state index contributed by atoms with van der Waals surface area (Å²) in [6, 6.07) is 7.58. The number of H-pyrrole nitrogens is 1. The van der Waals surface area contributed by atoms with Crippen LogP contribution in [0, 0.1) is 0 Å². The van der Waals surface area contributed by atoms with Crippen LogP contribution in [0.4, 0.5) is 0 Å². The fraction of sp³-hybridized carbons (Fsp3) is 0.385. The number of fused-ring (bicyclic) bond motifs is 1. The van der Waals surface area contributed by atoms with Crippen LogP contribution in [-0.2, 0) is 42.9 Å². The lowest BCUT2D eigenvalue weighted by Crippen LogP contribution is -2.47. The van der Waals surface area contributed by atoms with Gasteiger partial charge in [0.25, 0.3) is 0 Å². The molecule has 0 aliphatic carbocycles. The minimum atomic E-state index is -1.46. The van der Waals surface area contributed by atoms with Crippen LogP contribution >= 0.6 is 0 Å². The summed E-state index contributed by atoms with van der Waals surface area (Å²) >= 11 is 0. The lowest BCUT2D eigenvalue weighted by Gasteiger charge is -2.35. The summed E-state index contributed by atoms with van der Waals surface area (Å²) in [5.74, 6) is -3.10. The van der Waals surface area contributed by atoms with Gasteiger partial charge in [-0.25, -0.2) is 4.79 Å². The molecule has 1 aromatic heterocycles. The highest BCUT2D eigenvalue weighted by Crippen LogP contribution is 2.32. The van der Waals surface area contributed by atoms with Gasteiger partial charge in [0, 0.05) is 48.0 Å². The summed E-state index contributed by atoms with van der Waals surface area (Å²) in [5, 5.41) is 0.915. The average Bonchev–Trinajstić information content (AvgIpc) is 3.29. The van der Waals surface area contributed by atoms with E-state index in [0.29, 0.717) is 0 Å². The monoisotopic (exact) mass is 499 g/mol. The zero-order valence-corrected chi connectivity index (χ0v) is 20.6. The Balaban J connectivity index is 1.90. The fourth-order valence-corrected chi connectivity index (χ4v) is 3.40. The molecule has 10 heteroatoms. The van der Waals surface area contributed by atoms with Crippen molar-refractivity contribution in [3.63, 3.8) is 0 Å². The van der Waals surface area contributed by atoms with Crippen LogP contribution in [0.3, 0.4) is 0 Å². The van der Waals surface area contributed by atoms with Crippen LogP contribution < -0.4 is 0 Å². The third-order valence-corrected chi connectivity index (χ3v) is 5.28. The van der Waals surface area contributed by atoms with Gasteiger partial charge in [0.05, 0.1) is 0 Å². The molecule has 192 valence electrons. The van der Waals surface area contributed by atoms with Crippen molar-refractivity contribution in [2.24, 2.45) is 0 Å². The van der Waals surface area contributed by atoms with E-state index in [2.05, 4.69) is 4.98 Å². The lowest BCUT2D eigenvalue weighted by atomic mass is 10.1. The fourth-order valence-electron chi connectivity index (χ4n) is 3.40. The van der Waals surface area contributed by atoms with Crippen molar-refractivity contribution in [1.82, 2.24) is 4.98 Å². The molecule has 1 aliphatic heterocycles. The highest BCUT2D eigenvalue weighted by atomic mass is 16.7. The van der Waals surface area contributed by atoms with Crippen LogP contribution in [-0.4, -0.2) is 47.4 Å². The van der Waals surface area contributed by atoms with Gasteiger partial charge in [0.1, 0.15) is 6.10 Å². The van der Waals surface area contributed by atoms with E-state index in [1.54, 1.807) is 33.0 Å². The number of nitrogens with one attached hydrogen (secondary N) is 1. The predicted molar refractivity (Wildman–Crippen MR) is 128 cm³/mol. The highest BCUT2D eigenvalue weighted by molar-refractivity contribution is 5.94. The van der Waals surface area contributed by atoms with Crippen molar-refractivity contribution in [1.29, 1.82) is 0 Å². The molecule has 0 fully saturated rings. The Morgan fingerprint density at radius 2 is 1.56 bits per heavy atom. The summed E-state index contributed by atoms with van der Waals surface area (Å²) < 4.78 is 27.3. The summed E-state index contributed by atoms with van der Waals surface area (Å²) in [7, 11) is 0. The molecule has 0 bridgehead atoms. The number of hydrogen-bond donors (Lipinski definition) is 1. The molecular weight excluding hydrogens is 470 g/mol. The maximum absolute atomic E-state index is 12.7. The molecule has 1 aliphatic rings. The minimum Gasteiger partial charge on any atom is -0.447 e. The standard InChI is InChI=1S/C26H29NO9/c1-5-19(28)33-23-15(4)32-26(25(35-21(30)7-3)24(23)34-20(29)6-2)36-22(31)13-12-16-14-27-18-11-9-8-10-17(16)18/h8-15,25-27H,5-7H2,1-4H3/b13-12+/t15-,25-,26-/m0/s1. The SMILES string of the molecule is CCC(=O)OC1=C(OC(=O)CC)[C@H](OC(=O)CC)[C@H](OC(=O)/C=C/c2c[nH]c3ccccc23)O[C@H]1C. The lowest BCUT2D eigenvalue weighted by molar-refractivity contribution is -0.229. The van der Waals surface area contributed by atoms with Crippen molar-refractivity contribution < 1.29 is 42.9 Å². The largest absolute Gasteiger partial charge is 0.447 e. The number of benzene rings is 1. The van der Waals surface area contributed by atoms with Crippen molar-refractivity contribution in [2.45, 2.75) is 65.5 Å². The average molecular weight is 500 g/mol. The Hall–Kier alpha value is -3.92. The van der Waals surface area contributed by atoms with Gasteiger partial charge in [-0.3, -0.25) is 14.4 Å². The van der Waals surface area contributed by atoms with Gasteiger partial charge in [-0.15, -0.1) is 0 Å². The van der Waals surface area contributed by atoms with Gasteiger partial charge in [-0.05, 0) is 19.1 Å². The maximum Gasteiger partial charge on any atom is 0.333 e. The number of ether oxygens (including phenoxy) is 5. The summed E-state index contributed by atoms with van der Waals surface area (Å²) in [5.41, 5.74) is 1.67. The number of esters is 4. The van der Waals surface area contributed by atoms with Crippen molar-refractivity contribution in [3.8, 4) is 0 Å². The number of para-hydroxylation sites is 1. The highest BCUT2D eigenvalue weighted by Gasteiger charge is 2.45. The predicted octanol–water partition coefficient (Wildman–Crippen LogP) is 3.91. The molecule has 0 saturated carbocycles. The molecule has 0 amide bonds. The van der Waals surface area contributed by atoms with Crippen molar-refractivity contribution >= 4 is 40.9 Å². The molecule has 2 heterocycles. The third kappa shape index (κ3) is 6.39. The van der Waals surface area contributed by atoms with E-state index in [0.717, 1.165) is 16.5 Å². The van der Waals surface area contributed by atoms with Gasteiger partial charge in [0.15, 0.2) is 11.5 Å². The van der Waals surface area contributed by atoms with E-state index < -0.39 is 42.4 Å².